The Bertz CT molecular complexity index is 617. The van der Waals surface area contributed by atoms with Crippen LogP contribution < -0.4 is 0 Å². The van der Waals surface area contributed by atoms with Crippen LogP contribution in [0.5, 0.6) is 0 Å². The largest absolute Gasteiger partial charge is 0.295 e. The van der Waals surface area contributed by atoms with Crippen LogP contribution in [0.1, 0.15) is 30.6 Å². The highest BCUT2D eigenvalue weighted by molar-refractivity contribution is 7.89. The van der Waals surface area contributed by atoms with Crippen molar-refractivity contribution in [1.29, 1.82) is 5.26 Å². The highest BCUT2D eigenvalue weighted by Gasteiger charge is 2.25. The Labute approximate surface area is 113 Å². The molecule has 102 valence electrons. The van der Waals surface area contributed by atoms with Crippen molar-refractivity contribution in [2.45, 2.75) is 31.2 Å². The molecule has 0 aliphatic heterocycles. The lowest BCUT2D eigenvalue weighted by atomic mass is 10.2. The van der Waals surface area contributed by atoms with Crippen LogP contribution in [0.15, 0.2) is 29.2 Å². The van der Waals surface area contributed by atoms with Gasteiger partial charge in [-0.25, -0.2) is 8.42 Å². The number of carbonyl (C=O) groups excluding carboxylic acids is 1. The molecule has 0 bridgehead atoms. The van der Waals surface area contributed by atoms with E-state index in [1.54, 1.807) is 13.0 Å². The van der Waals surface area contributed by atoms with Crippen LogP contribution in [0.25, 0.3) is 0 Å². The van der Waals surface area contributed by atoms with Crippen molar-refractivity contribution in [3.8, 4) is 6.07 Å². The maximum Gasteiger partial charge on any atom is 0.243 e. The molecule has 5 nitrogen and oxygen atoms in total. The van der Waals surface area contributed by atoms with Crippen molar-refractivity contribution >= 4 is 15.8 Å². The summed E-state index contributed by atoms with van der Waals surface area (Å²) < 4.78 is 25.8. The van der Waals surface area contributed by atoms with Gasteiger partial charge < -0.3 is 0 Å². The summed E-state index contributed by atoms with van der Waals surface area (Å²) in [6, 6.07) is 7.42. The standard InChI is InChI=1S/C13H16N2O3S/c1-10(7-8-14)15(3)19(17,18)13-6-4-5-12(9-13)11(2)16/h4-6,9-10H,7H2,1-3H3. The van der Waals surface area contributed by atoms with Gasteiger partial charge in [0.25, 0.3) is 0 Å². The topological polar surface area (TPSA) is 78.2 Å². The van der Waals surface area contributed by atoms with Crippen LogP contribution in [0.3, 0.4) is 0 Å². The molecule has 0 aliphatic rings. The van der Waals surface area contributed by atoms with Gasteiger partial charge in [-0.05, 0) is 26.0 Å². The van der Waals surface area contributed by atoms with E-state index in [1.165, 1.54) is 32.2 Å². The van der Waals surface area contributed by atoms with E-state index in [4.69, 9.17) is 5.26 Å². The van der Waals surface area contributed by atoms with E-state index in [1.807, 2.05) is 6.07 Å². The van der Waals surface area contributed by atoms with Crippen molar-refractivity contribution in [3.63, 3.8) is 0 Å². The molecule has 0 heterocycles. The first kappa shape index (κ1) is 15.3. The van der Waals surface area contributed by atoms with E-state index >= 15 is 0 Å². The molecule has 0 fully saturated rings. The summed E-state index contributed by atoms with van der Waals surface area (Å²) in [4.78, 5) is 11.3. The molecule has 0 N–H and O–H groups in total. The van der Waals surface area contributed by atoms with Gasteiger partial charge in [0.1, 0.15) is 0 Å². The summed E-state index contributed by atoms with van der Waals surface area (Å²) in [6.45, 7) is 3.04. The van der Waals surface area contributed by atoms with Crippen molar-refractivity contribution in [3.05, 3.63) is 29.8 Å². The predicted molar refractivity (Wildman–Crippen MR) is 71.1 cm³/mol. The summed E-state index contributed by atoms with van der Waals surface area (Å²) >= 11 is 0. The number of Topliss-reactive ketones (excluding diaryl/α,β-unsaturated/α-hetero) is 1. The minimum Gasteiger partial charge on any atom is -0.295 e. The predicted octanol–water partition coefficient (Wildman–Crippen LogP) is 1.81. The lowest BCUT2D eigenvalue weighted by molar-refractivity contribution is 0.101. The molecule has 1 unspecified atom stereocenters. The second-order valence-electron chi connectivity index (χ2n) is 4.32. The van der Waals surface area contributed by atoms with Crippen LogP contribution in [0.4, 0.5) is 0 Å². The fourth-order valence-electron chi connectivity index (χ4n) is 1.54. The monoisotopic (exact) mass is 280 g/mol. The zero-order valence-corrected chi connectivity index (χ0v) is 11.9. The van der Waals surface area contributed by atoms with Crippen molar-refractivity contribution < 1.29 is 13.2 Å². The van der Waals surface area contributed by atoms with Gasteiger partial charge in [0.05, 0.1) is 17.4 Å². The molecule has 0 saturated carbocycles. The van der Waals surface area contributed by atoms with Crippen LogP contribution in [0, 0.1) is 11.3 Å². The maximum atomic E-state index is 12.3. The summed E-state index contributed by atoms with van der Waals surface area (Å²) in [5, 5.41) is 8.62. The Kier molecular flexibility index (Phi) is 4.81. The lowest BCUT2D eigenvalue weighted by Gasteiger charge is -2.22. The molecule has 0 aliphatic carbocycles. The van der Waals surface area contributed by atoms with E-state index in [9.17, 15) is 13.2 Å². The number of sulfonamides is 1. The Morgan fingerprint density at radius 3 is 2.63 bits per heavy atom. The maximum absolute atomic E-state index is 12.3. The number of rotatable bonds is 5. The molecule has 0 aromatic heterocycles. The first-order chi connectivity index (χ1) is 8.80. The van der Waals surface area contributed by atoms with Gasteiger partial charge in [0.2, 0.25) is 10.0 Å². The molecule has 1 atom stereocenters. The van der Waals surface area contributed by atoms with Crippen molar-refractivity contribution in [2.75, 3.05) is 7.05 Å². The molecule has 0 radical (unpaired) electrons. The van der Waals surface area contributed by atoms with Gasteiger partial charge in [-0.15, -0.1) is 0 Å². The molecule has 1 aromatic carbocycles. The number of carbonyl (C=O) groups is 1. The second kappa shape index (κ2) is 5.95. The van der Waals surface area contributed by atoms with E-state index in [0.717, 1.165) is 4.31 Å². The third kappa shape index (κ3) is 3.40. The lowest BCUT2D eigenvalue weighted by Crippen LogP contribution is -2.34. The SMILES string of the molecule is CC(=O)c1cccc(S(=O)(=O)N(C)C(C)CC#N)c1. The van der Waals surface area contributed by atoms with Gasteiger partial charge >= 0.3 is 0 Å². The Balaban J connectivity index is 3.17. The molecule has 1 aromatic rings. The highest BCUT2D eigenvalue weighted by Crippen LogP contribution is 2.19. The van der Waals surface area contributed by atoms with E-state index in [-0.39, 0.29) is 17.1 Å². The number of benzene rings is 1. The molecule has 1 rings (SSSR count). The fourth-order valence-corrected chi connectivity index (χ4v) is 2.95. The summed E-state index contributed by atoms with van der Waals surface area (Å²) in [6.07, 6.45) is 0.113. The number of nitriles is 1. The fraction of sp³-hybridized carbons (Fsp3) is 0.385. The minimum absolute atomic E-state index is 0.0625. The smallest absolute Gasteiger partial charge is 0.243 e. The summed E-state index contributed by atoms with van der Waals surface area (Å²) in [7, 11) is -2.26. The molecule has 0 saturated heterocycles. The van der Waals surface area contributed by atoms with Crippen LogP contribution in [-0.4, -0.2) is 31.6 Å². The molecule has 0 spiro atoms. The van der Waals surface area contributed by atoms with Gasteiger partial charge in [-0.3, -0.25) is 4.79 Å². The molecular formula is C13H16N2O3S. The third-order valence-electron chi connectivity index (χ3n) is 2.92. The zero-order chi connectivity index (χ0) is 14.6. The van der Waals surface area contributed by atoms with Gasteiger partial charge in [-0.2, -0.15) is 9.57 Å². The summed E-state index contributed by atoms with van der Waals surface area (Å²) in [5.74, 6) is -0.190. The van der Waals surface area contributed by atoms with Gasteiger partial charge in [0, 0.05) is 18.7 Å². The Hall–Kier alpha value is -1.71. The Morgan fingerprint density at radius 1 is 1.47 bits per heavy atom. The van der Waals surface area contributed by atoms with Crippen LogP contribution >= 0.6 is 0 Å². The summed E-state index contributed by atoms with van der Waals surface area (Å²) in [5.41, 5.74) is 0.349. The van der Waals surface area contributed by atoms with E-state index in [0.29, 0.717) is 5.56 Å². The average molecular weight is 280 g/mol. The normalized spacial score (nSPS) is 13.0. The van der Waals surface area contributed by atoms with Gasteiger partial charge in [-0.1, -0.05) is 12.1 Å². The van der Waals surface area contributed by atoms with Gasteiger partial charge in [0.15, 0.2) is 5.78 Å². The van der Waals surface area contributed by atoms with Crippen LogP contribution in [-0.2, 0) is 10.0 Å². The molecule has 0 amide bonds. The number of hydrogen-bond acceptors (Lipinski definition) is 4. The minimum atomic E-state index is -3.69. The van der Waals surface area contributed by atoms with E-state index in [2.05, 4.69) is 0 Å². The number of nitrogens with zero attached hydrogens (tertiary/aromatic N) is 2. The molecule has 19 heavy (non-hydrogen) atoms. The molecule has 6 heteroatoms. The first-order valence-electron chi connectivity index (χ1n) is 5.76. The zero-order valence-electron chi connectivity index (χ0n) is 11.1. The first-order valence-corrected chi connectivity index (χ1v) is 7.20. The number of hydrogen-bond donors (Lipinski definition) is 0. The quantitative estimate of drug-likeness (QED) is 0.771. The average Bonchev–Trinajstić information content (AvgIpc) is 2.38. The van der Waals surface area contributed by atoms with Crippen molar-refractivity contribution in [2.24, 2.45) is 0 Å². The number of ketones is 1. The Morgan fingerprint density at radius 2 is 2.11 bits per heavy atom. The second-order valence-corrected chi connectivity index (χ2v) is 6.31. The van der Waals surface area contributed by atoms with Crippen LogP contribution in [0.2, 0.25) is 0 Å². The highest BCUT2D eigenvalue weighted by atomic mass is 32.2. The third-order valence-corrected chi connectivity index (χ3v) is 4.89. The molecular weight excluding hydrogens is 264 g/mol. The van der Waals surface area contributed by atoms with E-state index < -0.39 is 16.1 Å². The van der Waals surface area contributed by atoms with Crippen molar-refractivity contribution in [1.82, 2.24) is 4.31 Å².